The van der Waals surface area contributed by atoms with Crippen LogP contribution >= 0.6 is 0 Å². The lowest BCUT2D eigenvalue weighted by atomic mass is 10.1. The van der Waals surface area contributed by atoms with Crippen molar-refractivity contribution in [2.45, 2.75) is 45.6 Å². The van der Waals surface area contributed by atoms with Gasteiger partial charge in [-0.15, -0.1) is 0 Å². The third-order valence-electron chi connectivity index (χ3n) is 5.08. The molecule has 4 nitrogen and oxygen atoms in total. The van der Waals surface area contributed by atoms with Gasteiger partial charge in [-0.3, -0.25) is 4.90 Å². The van der Waals surface area contributed by atoms with E-state index in [2.05, 4.69) is 29.3 Å². The molecular formula is C18H27N3O. The lowest BCUT2D eigenvalue weighted by molar-refractivity contribution is 0.115. The first-order valence-corrected chi connectivity index (χ1v) is 8.51. The minimum atomic E-state index is 0.0415. The first-order valence-electron chi connectivity index (χ1n) is 8.51. The van der Waals surface area contributed by atoms with Crippen molar-refractivity contribution in [1.29, 1.82) is 0 Å². The summed E-state index contributed by atoms with van der Waals surface area (Å²) in [6.07, 6.45) is 5.43. The largest absolute Gasteiger partial charge is 0.322 e. The Bertz CT molecular complexity index is 529. The van der Waals surface area contributed by atoms with Crippen LogP contribution in [-0.2, 0) is 0 Å². The Morgan fingerprint density at radius 3 is 2.45 bits per heavy atom. The predicted octanol–water partition coefficient (Wildman–Crippen LogP) is 3.40. The predicted molar refractivity (Wildman–Crippen MR) is 90.3 cm³/mol. The fourth-order valence-electron chi connectivity index (χ4n) is 3.62. The molecule has 1 N–H and O–H groups in total. The topological polar surface area (TPSA) is 35.6 Å². The molecule has 1 aromatic carbocycles. The number of aryl methyl sites for hydroxylation is 2. The number of amides is 2. The van der Waals surface area contributed by atoms with Crippen molar-refractivity contribution in [3.8, 4) is 0 Å². The summed E-state index contributed by atoms with van der Waals surface area (Å²) in [4.78, 5) is 17.0. The Balaban J connectivity index is 1.54. The summed E-state index contributed by atoms with van der Waals surface area (Å²) in [7, 11) is 0. The molecule has 1 saturated heterocycles. The number of nitrogens with zero attached hydrogens (tertiary/aromatic N) is 2. The Morgan fingerprint density at radius 2 is 1.77 bits per heavy atom. The summed E-state index contributed by atoms with van der Waals surface area (Å²) in [6.45, 7) is 7.80. The standard InChI is InChI=1S/C18H27N3O/c1-14-7-8-15(2)17(13-14)19-18(22)21-11-9-20(10-12-21)16-5-3-4-6-16/h7-8,13,16H,3-6,9-12H2,1-2H3,(H,19,22). The van der Waals surface area contributed by atoms with E-state index in [1.165, 1.54) is 31.2 Å². The van der Waals surface area contributed by atoms with E-state index >= 15 is 0 Å². The zero-order chi connectivity index (χ0) is 15.5. The van der Waals surface area contributed by atoms with Gasteiger partial charge >= 0.3 is 6.03 Å². The maximum atomic E-state index is 12.5. The number of hydrogen-bond acceptors (Lipinski definition) is 2. The van der Waals surface area contributed by atoms with Crippen LogP contribution in [0.5, 0.6) is 0 Å². The van der Waals surface area contributed by atoms with Crippen molar-refractivity contribution in [2.75, 3.05) is 31.5 Å². The van der Waals surface area contributed by atoms with E-state index in [4.69, 9.17) is 0 Å². The number of urea groups is 1. The average molecular weight is 301 g/mol. The number of benzene rings is 1. The van der Waals surface area contributed by atoms with Crippen molar-refractivity contribution < 1.29 is 4.79 Å². The second-order valence-corrected chi connectivity index (χ2v) is 6.71. The van der Waals surface area contributed by atoms with Gasteiger partial charge in [-0.05, 0) is 43.9 Å². The Hall–Kier alpha value is -1.55. The van der Waals surface area contributed by atoms with Crippen LogP contribution < -0.4 is 5.32 Å². The second-order valence-electron chi connectivity index (χ2n) is 6.71. The number of carbonyl (C=O) groups is 1. The molecule has 120 valence electrons. The van der Waals surface area contributed by atoms with Gasteiger partial charge in [-0.2, -0.15) is 0 Å². The molecule has 22 heavy (non-hydrogen) atoms. The molecule has 3 rings (SSSR count). The summed E-state index contributed by atoms with van der Waals surface area (Å²) < 4.78 is 0. The molecule has 0 atom stereocenters. The molecule has 0 unspecified atom stereocenters. The number of hydrogen-bond donors (Lipinski definition) is 1. The van der Waals surface area contributed by atoms with E-state index in [1.54, 1.807) is 0 Å². The highest BCUT2D eigenvalue weighted by Gasteiger charge is 2.27. The Morgan fingerprint density at radius 1 is 1.09 bits per heavy atom. The Labute approximate surface area is 133 Å². The zero-order valence-corrected chi connectivity index (χ0v) is 13.8. The monoisotopic (exact) mass is 301 g/mol. The van der Waals surface area contributed by atoms with Crippen molar-refractivity contribution in [3.05, 3.63) is 29.3 Å². The van der Waals surface area contributed by atoms with Gasteiger partial charge in [-0.25, -0.2) is 4.79 Å². The van der Waals surface area contributed by atoms with Crippen LogP contribution in [0.3, 0.4) is 0 Å². The molecule has 0 radical (unpaired) electrons. The minimum Gasteiger partial charge on any atom is -0.322 e. The molecule has 4 heteroatoms. The van der Waals surface area contributed by atoms with Crippen LogP contribution in [0, 0.1) is 13.8 Å². The first kappa shape index (κ1) is 15.3. The molecule has 1 aliphatic heterocycles. The van der Waals surface area contributed by atoms with Crippen molar-refractivity contribution in [2.24, 2.45) is 0 Å². The molecule has 1 saturated carbocycles. The SMILES string of the molecule is Cc1ccc(C)c(NC(=O)N2CCN(C3CCCC3)CC2)c1. The molecule has 2 aliphatic rings. The maximum absolute atomic E-state index is 12.5. The molecule has 1 heterocycles. The molecule has 0 bridgehead atoms. The van der Waals surface area contributed by atoms with Crippen molar-refractivity contribution in [3.63, 3.8) is 0 Å². The highest BCUT2D eigenvalue weighted by molar-refractivity contribution is 5.90. The average Bonchev–Trinajstić information content (AvgIpc) is 3.05. The molecular weight excluding hydrogens is 274 g/mol. The van der Waals surface area contributed by atoms with E-state index in [0.717, 1.165) is 43.5 Å². The normalized spacial score (nSPS) is 20.4. The fraction of sp³-hybridized carbons (Fsp3) is 0.611. The van der Waals surface area contributed by atoms with Crippen LogP contribution in [0.25, 0.3) is 0 Å². The molecule has 1 aromatic rings. The first-order chi connectivity index (χ1) is 10.6. The van der Waals surface area contributed by atoms with Crippen LogP contribution in [-0.4, -0.2) is 48.1 Å². The fourth-order valence-corrected chi connectivity index (χ4v) is 3.62. The van der Waals surface area contributed by atoms with Gasteiger partial charge in [0.25, 0.3) is 0 Å². The van der Waals surface area contributed by atoms with Gasteiger partial charge in [0.2, 0.25) is 0 Å². The van der Waals surface area contributed by atoms with Crippen molar-refractivity contribution >= 4 is 11.7 Å². The third kappa shape index (κ3) is 3.43. The molecule has 0 aromatic heterocycles. The third-order valence-corrected chi connectivity index (χ3v) is 5.08. The number of anilines is 1. The van der Waals surface area contributed by atoms with E-state index in [-0.39, 0.29) is 6.03 Å². The molecule has 1 aliphatic carbocycles. The van der Waals surface area contributed by atoms with Crippen LogP contribution in [0.1, 0.15) is 36.8 Å². The summed E-state index contributed by atoms with van der Waals surface area (Å²) >= 11 is 0. The number of nitrogens with one attached hydrogen (secondary N) is 1. The molecule has 0 spiro atoms. The number of rotatable bonds is 2. The van der Waals surface area contributed by atoms with Crippen LogP contribution in [0.15, 0.2) is 18.2 Å². The van der Waals surface area contributed by atoms with E-state index in [0.29, 0.717) is 0 Å². The number of piperazine rings is 1. The van der Waals surface area contributed by atoms with Gasteiger partial charge in [-0.1, -0.05) is 25.0 Å². The number of carbonyl (C=O) groups excluding carboxylic acids is 1. The zero-order valence-electron chi connectivity index (χ0n) is 13.8. The summed E-state index contributed by atoms with van der Waals surface area (Å²) in [5.74, 6) is 0. The van der Waals surface area contributed by atoms with Crippen LogP contribution in [0.2, 0.25) is 0 Å². The van der Waals surface area contributed by atoms with Gasteiger partial charge < -0.3 is 10.2 Å². The summed E-state index contributed by atoms with van der Waals surface area (Å²) in [6, 6.07) is 6.99. The quantitative estimate of drug-likeness (QED) is 0.909. The molecule has 2 amide bonds. The highest BCUT2D eigenvalue weighted by Crippen LogP contribution is 2.24. The smallest absolute Gasteiger partial charge is 0.321 e. The van der Waals surface area contributed by atoms with Crippen LogP contribution in [0.4, 0.5) is 10.5 Å². The maximum Gasteiger partial charge on any atom is 0.321 e. The minimum absolute atomic E-state index is 0.0415. The van der Waals surface area contributed by atoms with E-state index in [1.807, 2.05) is 17.9 Å². The second kappa shape index (κ2) is 6.69. The molecule has 2 fully saturated rings. The van der Waals surface area contributed by atoms with Gasteiger partial charge in [0, 0.05) is 37.9 Å². The lowest BCUT2D eigenvalue weighted by Crippen LogP contribution is -2.52. The Kier molecular flexibility index (Phi) is 4.67. The van der Waals surface area contributed by atoms with Gasteiger partial charge in [0.15, 0.2) is 0 Å². The van der Waals surface area contributed by atoms with E-state index in [9.17, 15) is 4.79 Å². The van der Waals surface area contributed by atoms with Gasteiger partial charge in [0.05, 0.1) is 0 Å². The highest BCUT2D eigenvalue weighted by atomic mass is 16.2. The summed E-state index contributed by atoms with van der Waals surface area (Å²) in [5, 5.41) is 3.07. The summed E-state index contributed by atoms with van der Waals surface area (Å²) in [5.41, 5.74) is 3.22. The lowest BCUT2D eigenvalue weighted by Gasteiger charge is -2.38. The van der Waals surface area contributed by atoms with Crippen molar-refractivity contribution in [1.82, 2.24) is 9.80 Å². The van der Waals surface area contributed by atoms with Gasteiger partial charge in [0.1, 0.15) is 0 Å². The van der Waals surface area contributed by atoms with E-state index < -0.39 is 0 Å².